The summed E-state index contributed by atoms with van der Waals surface area (Å²) in [5, 5.41) is 12.0. The number of aromatic nitrogens is 4. The number of rotatable bonds is 6. The van der Waals surface area contributed by atoms with Crippen molar-refractivity contribution in [2.75, 3.05) is 12.4 Å². The molecule has 8 nitrogen and oxygen atoms in total. The SMILES string of the molecule is COc1ccc(NC(=O)Cn2nc3ccc(Sc4ccc(C)cc4)nn3c2=O)cc1. The minimum atomic E-state index is -0.471. The van der Waals surface area contributed by atoms with Gasteiger partial charge < -0.3 is 10.1 Å². The van der Waals surface area contributed by atoms with Gasteiger partial charge in [0.25, 0.3) is 0 Å². The second kappa shape index (κ2) is 8.42. The minimum absolute atomic E-state index is 0.214. The topological polar surface area (TPSA) is 90.5 Å². The third-order valence-electron chi connectivity index (χ3n) is 4.33. The Balaban J connectivity index is 1.50. The predicted octanol–water partition coefficient (Wildman–Crippen LogP) is 3.00. The first-order valence-corrected chi connectivity index (χ1v) is 9.99. The van der Waals surface area contributed by atoms with Gasteiger partial charge in [0.1, 0.15) is 17.3 Å². The summed E-state index contributed by atoms with van der Waals surface area (Å²) in [6.07, 6.45) is 0. The monoisotopic (exact) mass is 421 g/mol. The summed E-state index contributed by atoms with van der Waals surface area (Å²) in [7, 11) is 1.57. The molecule has 0 saturated carbocycles. The van der Waals surface area contributed by atoms with Gasteiger partial charge in [-0.15, -0.1) is 5.10 Å². The molecule has 0 bridgehead atoms. The Kier molecular flexibility index (Phi) is 5.53. The summed E-state index contributed by atoms with van der Waals surface area (Å²) in [5.41, 5.74) is 1.69. The molecular formula is C21H19N5O3S. The molecule has 1 N–H and O–H groups in total. The van der Waals surface area contributed by atoms with Crippen LogP contribution in [0.25, 0.3) is 5.65 Å². The van der Waals surface area contributed by atoms with E-state index in [9.17, 15) is 9.59 Å². The molecule has 152 valence electrons. The van der Waals surface area contributed by atoms with Gasteiger partial charge in [-0.25, -0.2) is 9.48 Å². The highest BCUT2D eigenvalue weighted by Gasteiger charge is 2.13. The Morgan fingerprint density at radius 3 is 2.47 bits per heavy atom. The number of hydrogen-bond acceptors (Lipinski definition) is 6. The zero-order chi connectivity index (χ0) is 21.1. The summed E-state index contributed by atoms with van der Waals surface area (Å²) in [4.78, 5) is 26.0. The van der Waals surface area contributed by atoms with E-state index in [0.717, 1.165) is 9.58 Å². The number of aryl methyl sites for hydroxylation is 1. The van der Waals surface area contributed by atoms with E-state index in [1.807, 2.05) is 31.2 Å². The molecule has 2 aromatic carbocycles. The van der Waals surface area contributed by atoms with E-state index in [4.69, 9.17) is 4.74 Å². The van der Waals surface area contributed by atoms with Crippen LogP contribution in [0.5, 0.6) is 5.75 Å². The van der Waals surface area contributed by atoms with Crippen molar-refractivity contribution in [2.45, 2.75) is 23.4 Å². The lowest BCUT2D eigenvalue weighted by Gasteiger charge is -2.05. The lowest BCUT2D eigenvalue weighted by molar-refractivity contribution is -0.117. The van der Waals surface area contributed by atoms with Gasteiger partial charge in [-0.05, 0) is 55.5 Å². The molecule has 0 atom stereocenters. The standard InChI is InChI=1S/C21H19N5O3S/c1-14-3-9-17(10-4-14)30-20-12-11-18-23-25(21(28)26(18)24-20)13-19(27)22-15-5-7-16(29-2)8-6-15/h3-12H,13H2,1-2H3,(H,22,27). The number of anilines is 1. The largest absolute Gasteiger partial charge is 0.497 e. The average Bonchev–Trinajstić information content (AvgIpc) is 3.05. The molecule has 9 heteroatoms. The highest BCUT2D eigenvalue weighted by Crippen LogP contribution is 2.25. The van der Waals surface area contributed by atoms with Gasteiger partial charge in [0.2, 0.25) is 5.91 Å². The van der Waals surface area contributed by atoms with Crippen molar-refractivity contribution in [1.29, 1.82) is 0 Å². The molecule has 0 saturated heterocycles. The summed E-state index contributed by atoms with van der Waals surface area (Å²) in [6, 6.07) is 18.5. The van der Waals surface area contributed by atoms with Crippen LogP contribution < -0.4 is 15.7 Å². The van der Waals surface area contributed by atoms with Crippen LogP contribution in [-0.4, -0.2) is 32.4 Å². The molecule has 0 aliphatic rings. The Bertz CT molecular complexity index is 1250. The second-order valence-electron chi connectivity index (χ2n) is 6.57. The predicted molar refractivity (Wildman–Crippen MR) is 114 cm³/mol. The van der Waals surface area contributed by atoms with Crippen molar-refractivity contribution in [3.63, 3.8) is 0 Å². The molecule has 2 aromatic heterocycles. The van der Waals surface area contributed by atoms with Crippen molar-refractivity contribution < 1.29 is 9.53 Å². The molecule has 30 heavy (non-hydrogen) atoms. The van der Waals surface area contributed by atoms with Crippen LogP contribution in [-0.2, 0) is 11.3 Å². The fourth-order valence-electron chi connectivity index (χ4n) is 2.79. The van der Waals surface area contributed by atoms with Crippen molar-refractivity contribution in [3.05, 3.63) is 76.7 Å². The fraction of sp³-hybridized carbons (Fsp3) is 0.143. The number of methoxy groups -OCH3 is 1. The summed E-state index contributed by atoms with van der Waals surface area (Å²) in [5.74, 6) is 0.329. The Labute approximate surface area is 176 Å². The van der Waals surface area contributed by atoms with Crippen LogP contribution in [0.3, 0.4) is 0 Å². The van der Waals surface area contributed by atoms with Gasteiger partial charge in [0.05, 0.1) is 7.11 Å². The molecule has 4 rings (SSSR count). The zero-order valence-electron chi connectivity index (χ0n) is 16.4. The number of nitrogens with one attached hydrogen (secondary N) is 1. The first kappa shape index (κ1) is 19.7. The first-order valence-electron chi connectivity index (χ1n) is 9.17. The lowest BCUT2D eigenvalue weighted by atomic mass is 10.2. The van der Waals surface area contributed by atoms with E-state index in [2.05, 4.69) is 15.5 Å². The van der Waals surface area contributed by atoms with Gasteiger partial charge in [-0.3, -0.25) is 4.79 Å². The molecule has 0 aliphatic carbocycles. The maximum absolute atomic E-state index is 12.6. The van der Waals surface area contributed by atoms with E-state index in [0.29, 0.717) is 22.1 Å². The first-order chi connectivity index (χ1) is 14.5. The molecule has 0 radical (unpaired) electrons. The highest BCUT2D eigenvalue weighted by atomic mass is 32.2. The lowest BCUT2D eigenvalue weighted by Crippen LogP contribution is -2.28. The van der Waals surface area contributed by atoms with Gasteiger partial charge in [0.15, 0.2) is 5.65 Å². The van der Waals surface area contributed by atoms with E-state index in [1.165, 1.54) is 21.8 Å². The van der Waals surface area contributed by atoms with Gasteiger partial charge in [-0.1, -0.05) is 29.5 Å². The normalized spacial score (nSPS) is 10.9. The molecule has 0 fully saturated rings. The summed E-state index contributed by atoms with van der Waals surface area (Å²) >= 11 is 1.45. The fourth-order valence-corrected chi connectivity index (χ4v) is 3.56. The number of ether oxygens (including phenoxy) is 1. The molecule has 0 aliphatic heterocycles. The molecule has 1 amide bonds. The van der Waals surface area contributed by atoms with E-state index < -0.39 is 5.69 Å². The van der Waals surface area contributed by atoms with Gasteiger partial charge >= 0.3 is 5.69 Å². The van der Waals surface area contributed by atoms with Crippen molar-refractivity contribution in [2.24, 2.45) is 0 Å². The van der Waals surface area contributed by atoms with Gasteiger partial charge in [-0.2, -0.15) is 9.61 Å². The summed E-state index contributed by atoms with van der Waals surface area (Å²) in [6.45, 7) is 1.81. The molecule has 4 aromatic rings. The number of carbonyl (C=O) groups is 1. The molecule has 2 heterocycles. The van der Waals surface area contributed by atoms with Crippen LogP contribution in [0.2, 0.25) is 0 Å². The Morgan fingerprint density at radius 1 is 1.03 bits per heavy atom. The maximum atomic E-state index is 12.6. The molecule has 0 spiro atoms. The second-order valence-corrected chi connectivity index (χ2v) is 7.67. The third-order valence-corrected chi connectivity index (χ3v) is 5.26. The number of fused-ring (bicyclic) bond motifs is 1. The Hall–Kier alpha value is -3.59. The zero-order valence-corrected chi connectivity index (χ0v) is 17.2. The number of nitrogens with zero attached hydrogens (tertiary/aromatic N) is 4. The number of carbonyl (C=O) groups excluding carboxylic acids is 1. The Morgan fingerprint density at radius 2 is 1.77 bits per heavy atom. The smallest absolute Gasteiger partial charge is 0.367 e. The average molecular weight is 421 g/mol. The van der Waals surface area contributed by atoms with Crippen molar-refractivity contribution in [1.82, 2.24) is 19.4 Å². The quantitative estimate of drug-likeness (QED) is 0.515. The van der Waals surface area contributed by atoms with Crippen LogP contribution in [0.15, 0.2) is 75.4 Å². The molecule has 0 unspecified atom stereocenters. The van der Waals surface area contributed by atoms with Crippen LogP contribution in [0.4, 0.5) is 5.69 Å². The van der Waals surface area contributed by atoms with Crippen LogP contribution in [0, 0.1) is 6.92 Å². The van der Waals surface area contributed by atoms with Crippen LogP contribution in [0.1, 0.15) is 5.56 Å². The maximum Gasteiger partial charge on any atom is 0.367 e. The van der Waals surface area contributed by atoms with Crippen molar-refractivity contribution in [3.8, 4) is 5.75 Å². The molecular weight excluding hydrogens is 402 g/mol. The van der Waals surface area contributed by atoms with Gasteiger partial charge in [0, 0.05) is 10.6 Å². The summed E-state index contributed by atoms with van der Waals surface area (Å²) < 4.78 is 7.40. The highest BCUT2D eigenvalue weighted by molar-refractivity contribution is 7.99. The van der Waals surface area contributed by atoms with Crippen molar-refractivity contribution >= 4 is 29.0 Å². The van der Waals surface area contributed by atoms with E-state index >= 15 is 0 Å². The third kappa shape index (κ3) is 4.36. The number of benzene rings is 2. The number of hydrogen-bond donors (Lipinski definition) is 1. The van der Waals surface area contributed by atoms with E-state index in [1.54, 1.807) is 43.5 Å². The minimum Gasteiger partial charge on any atom is -0.497 e. The number of amides is 1. The van der Waals surface area contributed by atoms with E-state index in [-0.39, 0.29) is 12.5 Å². The van der Waals surface area contributed by atoms with Crippen LogP contribution >= 0.6 is 11.8 Å².